The predicted molar refractivity (Wildman–Crippen MR) is 163 cm³/mol. The molecule has 228 valence electrons. The Kier molecular flexibility index (Phi) is 9.52. The number of fused-ring (bicyclic) bond motifs is 1. The van der Waals surface area contributed by atoms with Gasteiger partial charge in [-0.15, -0.1) is 0 Å². The Morgan fingerprint density at radius 2 is 1.77 bits per heavy atom. The number of ether oxygens (including phenoxy) is 4. The van der Waals surface area contributed by atoms with E-state index in [0.29, 0.717) is 32.8 Å². The molecular formula is C34H40N2O7. The molecule has 3 aromatic carbocycles. The minimum Gasteiger partial charge on any atom is -0.496 e. The van der Waals surface area contributed by atoms with Crippen LogP contribution >= 0.6 is 0 Å². The van der Waals surface area contributed by atoms with Crippen molar-refractivity contribution in [1.82, 2.24) is 4.90 Å². The first-order valence-corrected chi connectivity index (χ1v) is 14.7. The van der Waals surface area contributed by atoms with Gasteiger partial charge in [0.05, 0.1) is 57.3 Å². The SMILES string of the molecule is COc1ccccc1COCCCOc1ccc(C2CCN(C(=O)O)CC2OCc2cccc3c2NC(=O)C3(C)C)cc1. The lowest BCUT2D eigenvalue weighted by atomic mass is 9.85. The van der Waals surface area contributed by atoms with Gasteiger partial charge in [0.1, 0.15) is 11.5 Å². The van der Waals surface area contributed by atoms with E-state index in [-0.39, 0.29) is 31.1 Å². The number of hydrogen-bond donors (Lipinski definition) is 2. The molecule has 2 aliphatic heterocycles. The molecule has 1 saturated heterocycles. The van der Waals surface area contributed by atoms with Gasteiger partial charge in [-0.1, -0.05) is 48.5 Å². The Hall–Kier alpha value is -4.08. The number of carbonyl (C=O) groups excluding carboxylic acids is 1. The van der Waals surface area contributed by atoms with Crippen molar-refractivity contribution in [3.05, 3.63) is 89.0 Å². The van der Waals surface area contributed by atoms with Crippen LogP contribution in [-0.4, -0.2) is 61.5 Å². The van der Waals surface area contributed by atoms with Gasteiger partial charge in [0.25, 0.3) is 0 Å². The summed E-state index contributed by atoms with van der Waals surface area (Å²) in [5.41, 5.74) is 4.12. The third kappa shape index (κ3) is 6.95. The van der Waals surface area contributed by atoms with Crippen LogP contribution in [0.3, 0.4) is 0 Å². The summed E-state index contributed by atoms with van der Waals surface area (Å²) in [7, 11) is 1.65. The molecule has 5 rings (SSSR count). The first-order valence-electron chi connectivity index (χ1n) is 14.7. The van der Waals surface area contributed by atoms with E-state index >= 15 is 0 Å². The number of rotatable bonds is 12. The van der Waals surface area contributed by atoms with E-state index < -0.39 is 11.5 Å². The number of methoxy groups -OCH3 is 1. The lowest BCUT2D eigenvalue weighted by molar-refractivity contribution is -0.119. The number of benzene rings is 3. The normalized spacial score (nSPS) is 19.0. The fraction of sp³-hybridized carbons (Fsp3) is 0.412. The molecule has 0 aromatic heterocycles. The predicted octanol–water partition coefficient (Wildman–Crippen LogP) is 5.96. The van der Waals surface area contributed by atoms with Crippen molar-refractivity contribution in [2.45, 2.75) is 57.3 Å². The second-order valence-corrected chi connectivity index (χ2v) is 11.5. The summed E-state index contributed by atoms with van der Waals surface area (Å²) >= 11 is 0. The van der Waals surface area contributed by atoms with E-state index in [0.717, 1.165) is 45.9 Å². The van der Waals surface area contributed by atoms with E-state index in [1.165, 1.54) is 4.90 Å². The quantitative estimate of drug-likeness (QED) is 0.251. The summed E-state index contributed by atoms with van der Waals surface area (Å²) in [6.45, 7) is 6.40. The number of nitrogens with one attached hydrogen (secondary N) is 1. The van der Waals surface area contributed by atoms with Gasteiger partial charge in [-0.25, -0.2) is 4.79 Å². The first-order chi connectivity index (χ1) is 20.8. The van der Waals surface area contributed by atoms with E-state index in [4.69, 9.17) is 18.9 Å². The summed E-state index contributed by atoms with van der Waals surface area (Å²) < 4.78 is 23.5. The standard InChI is InChI=1S/C34H40N2O7/c1-34(2)28-10-6-9-25(31(28)35-32(34)37)22-43-30-20-36(33(38)39)17-16-27(30)23-12-14-26(15-13-23)42-19-7-18-41-21-24-8-4-5-11-29(24)40-3/h4-6,8-15,27,30H,7,16-22H2,1-3H3,(H,35,37)(H,38,39). The van der Waals surface area contributed by atoms with Gasteiger partial charge < -0.3 is 34.3 Å². The highest BCUT2D eigenvalue weighted by atomic mass is 16.5. The van der Waals surface area contributed by atoms with E-state index in [2.05, 4.69) is 5.32 Å². The zero-order valence-corrected chi connectivity index (χ0v) is 25.0. The lowest BCUT2D eigenvalue weighted by Crippen LogP contribution is -2.46. The van der Waals surface area contributed by atoms with Gasteiger partial charge in [-0.2, -0.15) is 0 Å². The molecule has 9 heteroatoms. The van der Waals surface area contributed by atoms with E-state index in [9.17, 15) is 14.7 Å². The van der Waals surface area contributed by atoms with Gasteiger partial charge in [0.15, 0.2) is 0 Å². The smallest absolute Gasteiger partial charge is 0.407 e. The zero-order chi connectivity index (χ0) is 30.4. The number of nitrogens with zero attached hydrogens (tertiary/aromatic N) is 1. The molecule has 3 aromatic rings. The molecule has 2 aliphatic rings. The summed E-state index contributed by atoms with van der Waals surface area (Å²) in [4.78, 5) is 25.7. The molecule has 2 atom stereocenters. The number of hydrogen-bond acceptors (Lipinski definition) is 6. The van der Waals surface area contributed by atoms with Crippen LogP contribution in [-0.2, 0) is 32.9 Å². The minimum absolute atomic E-state index is 0.0239. The van der Waals surface area contributed by atoms with Crippen molar-refractivity contribution in [2.75, 3.05) is 38.7 Å². The lowest BCUT2D eigenvalue weighted by Gasteiger charge is -2.37. The largest absolute Gasteiger partial charge is 0.496 e. The minimum atomic E-state index is -0.947. The Labute approximate surface area is 252 Å². The van der Waals surface area contributed by atoms with Crippen molar-refractivity contribution in [3.8, 4) is 11.5 Å². The Morgan fingerprint density at radius 3 is 2.53 bits per heavy atom. The van der Waals surface area contributed by atoms with Crippen LogP contribution in [0.1, 0.15) is 54.9 Å². The Bertz CT molecular complexity index is 1420. The maximum absolute atomic E-state index is 12.5. The molecule has 2 heterocycles. The number of piperidine rings is 1. The first kappa shape index (κ1) is 30.4. The maximum atomic E-state index is 12.5. The second kappa shape index (κ2) is 13.5. The summed E-state index contributed by atoms with van der Waals surface area (Å²) in [6, 6.07) is 21.6. The van der Waals surface area contributed by atoms with Crippen molar-refractivity contribution in [2.24, 2.45) is 0 Å². The number of likely N-dealkylation sites (tertiary alicyclic amines) is 1. The molecular weight excluding hydrogens is 548 g/mol. The van der Waals surface area contributed by atoms with Crippen LogP contribution in [0.25, 0.3) is 0 Å². The van der Waals surface area contributed by atoms with Gasteiger partial charge in [0.2, 0.25) is 5.91 Å². The molecule has 0 radical (unpaired) electrons. The third-order valence-electron chi connectivity index (χ3n) is 8.37. The Morgan fingerprint density at radius 1 is 1.00 bits per heavy atom. The second-order valence-electron chi connectivity index (χ2n) is 11.5. The number of anilines is 1. The van der Waals surface area contributed by atoms with Crippen LogP contribution in [0, 0.1) is 0 Å². The number of carbonyl (C=O) groups is 2. The third-order valence-corrected chi connectivity index (χ3v) is 8.37. The molecule has 0 spiro atoms. The zero-order valence-electron chi connectivity index (χ0n) is 25.0. The molecule has 2 amide bonds. The number of carboxylic acid groups (broad SMARTS) is 1. The highest BCUT2D eigenvalue weighted by Crippen LogP contribution is 2.40. The monoisotopic (exact) mass is 588 g/mol. The van der Waals surface area contributed by atoms with Crippen LogP contribution in [0.4, 0.5) is 10.5 Å². The van der Waals surface area contributed by atoms with Gasteiger partial charge in [-0.05, 0) is 49.6 Å². The molecule has 43 heavy (non-hydrogen) atoms. The summed E-state index contributed by atoms with van der Waals surface area (Å²) in [5.74, 6) is 1.58. The molecule has 0 aliphatic carbocycles. The van der Waals surface area contributed by atoms with Crippen molar-refractivity contribution < 1.29 is 33.6 Å². The summed E-state index contributed by atoms with van der Waals surface area (Å²) in [5, 5.41) is 12.7. The van der Waals surface area contributed by atoms with Gasteiger partial charge in [0, 0.05) is 30.0 Å². The highest BCUT2D eigenvalue weighted by Gasteiger charge is 2.39. The van der Waals surface area contributed by atoms with Crippen molar-refractivity contribution >= 4 is 17.7 Å². The fourth-order valence-electron chi connectivity index (χ4n) is 5.78. The average Bonchev–Trinajstić information content (AvgIpc) is 3.26. The van der Waals surface area contributed by atoms with Gasteiger partial charge in [-0.3, -0.25) is 4.79 Å². The maximum Gasteiger partial charge on any atom is 0.407 e. The van der Waals surface area contributed by atoms with Crippen LogP contribution in [0.2, 0.25) is 0 Å². The van der Waals surface area contributed by atoms with Crippen LogP contribution in [0.5, 0.6) is 11.5 Å². The molecule has 2 unspecified atom stereocenters. The molecule has 9 nitrogen and oxygen atoms in total. The molecule has 2 N–H and O–H groups in total. The highest BCUT2D eigenvalue weighted by molar-refractivity contribution is 6.06. The fourth-order valence-corrected chi connectivity index (χ4v) is 5.78. The van der Waals surface area contributed by atoms with Gasteiger partial charge >= 0.3 is 6.09 Å². The average molecular weight is 589 g/mol. The number of amides is 2. The van der Waals surface area contributed by atoms with Crippen molar-refractivity contribution in [1.29, 1.82) is 0 Å². The van der Waals surface area contributed by atoms with E-state index in [1.807, 2.05) is 80.6 Å². The molecule has 0 bridgehead atoms. The summed E-state index contributed by atoms with van der Waals surface area (Å²) in [6.07, 6.45) is 0.119. The van der Waals surface area contributed by atoms with Crippen LogP contribution < -0.4 is 14.8 Å². The Balaban J connectivity index is 1.16. The molecule has 1 fully saturated rings. The topological polar surface area (TPSA) is 107 Å². The van der Waals surface area contributed by atoms with E-state index in [1.54, 1.807) is 7.11 Å². The van der Waals surface area contributed by atoms with Crippen LogP contribution in [0.15, 0.2) is 66.7 Å². The number of para-hydroxylation sites is 2. The molecule has 0 saturated carbocycles. The van der Waals surface area contributed by atoms with Crippen molar-refractivity contribution in [3.63, 3.8) is 0 Å².